The van der Waals surface area contributed by atoms with Crippen LogP contribution in [0.4, 0.5) is 16.6 Å². The van der Waals surface area contributed by atoms with Crippen LogP contribution in [0, 0.1) is 6.57 Å². The van der Waals surface area contributed by atoms with Gasteiger partial charge in [0.1, 0.15) is 12.1 Å². The van der Waals surface area contributed by atoms with Crippen LogP contribution in [-0.2, 0) is 0 Å². The predicted molar refractivity (Wildman–Crippen MR) is 98.4 cm³/mol. The number of nitrogens with zero attached hydrogens (tertiary/aromatic N) is 5. The van der Waals surface area contributed by atoms with E-state index in [1.54, 1.807) is 6.33 Å². The minimum atomic E-state index is 0.413. The van der Waals surface area contributed by atoms with Crippen molar-refractivity contribution < 1.29 is 0 Å². The molecule has 8 heteroatoms. The lowest BCUT2D eigenvalue weighted by Crippen LogP contribution is -1.96. The summed E-state index contributed by atoms with van der Waals surface area (Å²) in [5, 5.41) is 4.64. The molecule has 25 heavy (non-hydrogen) atoms. The summed E-state index contributed by atoms with van der Waals surface area (Å²) in [6.45, 7) is 7.20. The van der Waals surface area contributed by atoms with Gasteiger partial charge in [-0.1, -0.05) is 6.57 Å². The summed E-state index contributed by atoms with van der Waals surface area (Å²) >= 11 is 1.35. The summed E-state index contributed by atoms with van der Waals surface area (Å²) in [7, 11) is 0. The number of rotatable bonds is 2. The fourth-order valence-electron chi connectivity index (χ4n) is 2.81. The third-order valence-electron chi connectivity index (χ3n) is 3.92. The molecule has 0 bridgehead atoms. The maximum atomic E-state index is 7.20. The quantitative estimate of drug-likeness (QED) is 0.464. The Morgan fingerprint density at radius 2 is 1.92 bits per heavy atom. The van der Waals surface area contributed by atoms with Crippen molar-refractivity contribution in [2.45, 2.75) is 0 Å². The summed E-state index contributed by atoms with van der Waals surface area (Å²) in [6.07, 6.45) is 3.20. The van der Waals surface area contributed by atoms with E-state index in [0.29, 0.717) is 10.9 Å². The molecule has 0 radical (unpaired) electrons. The molecule has 0 spiro atoms. The van der Waals surface area contributed by atoms with E-state index >= 15 is 0 Å². The number of H-pyrrole nitrogens is 1. The Kier molecular flexibility index (Phi) is 2.89. The molecule has 2 aromatic carbocycles. The molecule has 0 saturated carbocycles. The Labute approximate surface area is 145 Å². The second-order valence-electron chi connectivity index (χ2n) is 5.40. The minimum absolute atomic E-state index is 0.413. The number of nitrogens with one attached hydrogen (secondary N) is 2. The number of fused-ring (bicyclic) bond motifs is 4. The molecule has 0 unspecified atom stereocenters. The van der Waals surface area contributed by atoms with Crippen LogP contribution in [0.15, 0.2) is 43.0 Å². The lowest BCUT2D eigenvalue weighted by Gasteiger charge is -2.08. The number of imidazole rings is 1. The van der Waals surface area contributed by atoms with Crippen molar-refractivity contribution in [3.8, 4) is 0 Å². The lowest BCUT2D eigenvalue weighted by molar-refractivity contribution is 1.22. The third kappa shape index (κ3) is 2.18. The number of hydrogen-bond donors (Lipinski definition) is 2. The zero-order chi connectivity index (χ0) is 16.8. The van der Waals surface area contributed by atoms with E-state index in [1.165, 1.54) is 17.7 Å². The molecule has 7 nitrogen and oxygen atoms in total. The van der Waals surface area contributed by atoms with E-state index < -0.39 is 0 Å². The predicted octanol–water partition coefficient (Wildman–Crippen LogP) is 4.41. The highest BCUT2D eigenvalue weighted by molar-refractivity contribution is 7.23. The van der Waals surface area contributed by atoms with Gasteiger partial charge in [-0.05, 0) is 30.3 Å². The van der Waals surface area contributed by atoms with Crippen molar-refractivity contribution in [3.63, 3.8) is 0 Å². The smallest absolute Gasteiger partial charge is 0.330 e. The molecule has 0 atom stereocenters. The van der Waals surface area contributed by atoms with Crippen LogP contribution in [-0.4, -0.2) is 24.9 Å². The Hall–Kier alpha value is -3.57. The van der Waals surface area contributed by atoms with Gasteiger partial charge in [-0.15, -0.1) is 16.3 Å². The number of hydrogen-bond acceptors (Lipinski definition) is 6. The SMILES string of the molecule is [C-]#[N+]c1nc2ccc3ncnc(Nc4ccc5nc[nH]c5c4)c3c2s1. The van der Waals surface area contributed by atoms with Crippen molar-refractivity contribution in [1.29, 1.82) is 0 Å². The van der Waals surface area contributed by atoms with Crippen molar-refractivity contribution >= 4 is 60.1 Å². The first-order valence-electron chi connectivity index (χ1n) is 7.44. The van der Waals surface area contributed by atoms with E-state index in [1.807, 2.05) is 30.3 Å². The zero-order valence-electron chi connectivity index (χ0n) is 12.7. The Morgan fingerprint density at radius 1 is 1.04 bits per heavy atom. The molecule has 118 valence electrons. The van der Waals surface area contributed by atoms with Crippen LogP contribution in [0.5, 0.6) is 0 Å². The summed E-state index contributed by atoms with van der Waals surface area (Å²) < 4.78 is 0.911. The van der Waals surface area contributed by atoms with Crippen molar-refractivity contribution in [1.82, 2.24) is 24.9 Å². The topological polar surface area (TPSA) is 83.7 Å². The molecule has 5 aromatic rings. The summed E-state index contributed by atoms with van der Waals surface area (Å²) in [4.78, 5) is 23.9. The first kappa shape index (κ1) is 13.8. The normalized spacial score (nSPS) is 11.2. The molecular weight excluding hydrogens is 334 g/mol. The van der Waals surface area contributed by atoms with E-state index in [2.05, 4.69) is 35.1 Å². The molecule has 0 amide bonds. The van der Waals surface area contributed by atoms with Gasteiger partial charge in [0.25, 0.3) is 0 Å². The molecule has 0 aliphatic rings. The second kappa shape index (κ2) is 5.22. The molecule has 3 aromatic heterocycles. The van der Waals surface area contributed by atoms with E-state index in [9.17, 15) is 0 Å². The number of benzene rings is 2. The lowest BCUT2D eigenvalue weighted by atomic mass is 10.2. The van der Waals surface area contributed by atoms with Crippen LogP contribution in [0.1, 0.15) is 0 Å². The Morgan fingerprint density at radius 3 is 2.84 bits per heavy atom. The molecule has 3 heterocycles. The number of thiazole rings is 1. The molecule has 0 saturated heterocycles. The number of aromatic amines is 1. The van der Waals surface area contributed by atoms with Gasteiger partial charge < -0.3 is 15.1 Å². The largest absolute Gasteiger partial charge is 0.351 e. The van der Waals surface area contributed by atoms with Gasteiger partial charge in [-0.25, -0.2) is 15.0 Å². The van der Waals surface area contributed by atoms with Crippen LogP contribution >= 0.6 is 11.3 Å². The average molecular weight is 343 g/mol. The second-order valence-corrected chi connectivity index (χ2v) is 6.38. The molecule has 2 N–H and O–H groups in total. The van der Waals surface area contributed by atoms with Gasteiger partial charge in [0.2, 0.25) is 0 Å². The maximum Gasteiger partial charge on any atom is 0.330 e. The summed E-state index contributed by atoms with van der Waals surface area (Å²) in [6, 6.07) is 9.66. The van der Waals surface area contributed by atoms with Crippen LogP contribution in [0.2, 0.25) is 0 Å². The Bertz CT molecular complexity index is 1300. The van der Waals surface area contributed by atoms with Crippen molar-refractivity contribution in [2.75, 3.05) is 5.32 Å². The third-order valence-corrected chi connectivity index (χ3v) is 4.91. The Balaban J connectivity index is 1.71. The van der Waals surface area contributed by atoms with Crippen molar-refractivity contribution in [2.24, 2.45) is 0 Å². The van der Waals surface area contributed by atoms with Gasteiger partial charge >= 0.3 is 5.13 Å². The average Bonchev–Trinajstić information content (AvgIpc) is 3.27. The first-order valence-corrected chi connectivity index (χ1v) is 8.25. The van der Waals surface area contributed by atoms with E-state index in [4.69, 9.17) is 6.57 Å². The fourth-order valence-corrected chi connectivity index (χ4v) is 3.71. The monoisotopic (exact) mass is 343 g/mol. The molecule has 0 fully saturated rings. The molecule has 0 aliphatic carbocycles. The van der Waals surface area contributed by atoms with E-state index in [-0.39, 0.29) is 0 Å². The highest BCUT2D eigenvalue weighted by atomic mass is 32.1. The number of anilines is 2. The fraction of sp³-hybridized carbons (Fsp3) is 0. The van der Waals surface area contributed by atoms with Crippen LogP contribution in [0.25, 0.3) is 37.0 Å². The standard InChI is InChI=1S/C17H9N7S/c1-18-17-24-12-5-4-11-14(15(12)25-17)16(22-8-20-11)23-9-2-3-10-13(6-9)21-7-19-10/h2-8H,(H,19,21)(H,20,22,23). The van der Waals surface area contributed by atoms with Gasteiger partial charge in [-0.3, -0.25) is 0 Å². The van der Waals surface area contributed by atoms with E-state index in [0.717, 1.165) is 37.8 Å². The van der Waals surface area contributed by atoms with Gasteiger partial charge in [-0.2, -0.15) is 0 Å². The number of aromatic nitrogens is 5. The van der Waals surface area contributed by atoms with Crippen LogP contribution in [0.3, 0.4) is 0 Å². The minimum Gasteiger partial charge on any atom is -0.351 e. The van der Waals surface area contributed by atoms with Gasteiger partial charge in [0.05, 0.1) is 33.0 Å². The summed E-state index contributed by atoms with van der Waals surface area (Å²) in [5.74, 6) is 0.689. The molecular formula is C17H9N7S. The molecule has 0 aliphatic heterocycles. The zero-order valence-corrected chi connectivity index (χ0v) is 13.5. The van der Waals surface area contributed by atoms with Gasteiger partial charge in [0, 0.05) is 5.69 Å². The molecule has 5 rings (SSSR count). The highest BCUT2D eigenvalue weighted by Crippen LogP contribution is 2.37. The highest BCUT2D eigenvalue weighted by Gasteiger charge is 2.14. The van der Waals surface area contributed by atoms with Gasteiger partial charge in [0.15, 0.2) is 5.52 Å². The van der Waals surface area contributed by atoms with Crippen LogP contribution < -0.4 is 5.32 Å². The first-order chi connectivity index (χ1) is 12.3. The maximum absolute atomic E-state index is 7.20. The summed E-state index contributed by atoms with van der Waals surface area (Å²) in [5.41, 5.74) is 4.34. The van der Waals surface area contributed by atoms with Crippen molar-refractivity contribution in [3.05, 3.63) is 54.4 Å².